The molecule has 0 aliphatic carbocycles. The monoisotopic (exact) mass is 339 g/mol. The van der Waals surface area contributed by atoms with E-state index in [0.717, 1.165) is 24.2 Å². The minimum absolute atomic E-state index is 0.0138. The second-order valence-corrected chi connectivity index (χ2v) is 6.00. The zero-order chi connectivity index (χ0) is 13.9. The van der Waals surface area contributed by atoms with E-state index in [1.54, 1.807) is 4.90 Å². The summed E-state index contributed by atoms with van der Waals surface area (Å²) in [5.41, 5.74) is 0. The molecule has 0 saturated carbocycles. The van der Waals surface area contributed by atoms with E-state index < -0.39 is 0 Å². The van der Waals surface area contributed by atoms with E-state index in [4.69, 9.17) is 4.74 Å². The maximum absolute atomic E-state index is 12.1. The first-order valence-electron chi connectivity index (χ1n) is 7.06. The second-order valence-electron chi connectivity index (χ2n) is 5.19. The number of ether oxygens (including phenoxy) is 1. The summed E-state index contributed by atoms with van der Waals surface area (Å²) in [6.45, 7) is 3.96. The van der Waals surface area contributed by atoms with Gasteiger partial charge in [0.2, 0.25) is 0 Å². The third-order valence-corrected chi connectivity index (χ3v) is 4.24. The third-order valence-electron chi connectivity index (χ3n) is 3.80. The molecule has 1 saturated heterocycles. The summed E-state index contributed by atoms with van der Waals surface area (Å²) in [6.07, 6.45) is 3.85. The van der Waals surface area contributed by atoms with Gasteiger partial charge in [0.05, 0.1) is 0 Å². The third kappa shape index (κ3) is 2.96. The normalized spacial score (nSPS) is 19.6. The summed E-state index contributed by atoms with van der Waals surface area (Å²) in [5, 5.41) is 0. The summed E-state index contributed by atoms with van der Waals surface area (Å²) in [5.74, 6) is 1.30. The van der Waals surface area contributed by atoms with Gasteiger partial charge in [0.1, 0.15) is 4.60 Å². The number of amides is 1. The molecule has 0 spiro atoms. The smallest absolute Gasteiger partial charge is 0.266 e. The van der Waals surface area contributed by atoms with Gasteiger partial charge in [0.25, 0.3) is 5.91 Å². The second kappa shape index (κ2) is 6.10. The molecule has 0 bridgehead atoms. The fourth-order valence-corrected chi connectivity index (χ4v) is 3.01. The van der Waals surface area contributed by atoms with Crippen LogP contribution in [-0.2, 0) is 4.79 Å². The van der Waals surface area contributed by atoms with E-state index in [1.807, 2.05) is 12.1 Å². The topological polar surface area (TPSA) is 45.7 Å². The van der Waals surface area contributed by atoms with Gasteiger partial charge in [-0.3, -0.25) is 9.69 Å². The van der Waals surface area contributed by atoms with Crippen LogP contribution in [0.1, 0.15) is 19.3 Å². The number of anilines is 1. The standard InChI is InChI=1S/C14H18BrN3O2/c15-12-5-4-11-14(16-12)18(13(19)10-20-11)9-8-17-6-2-1-3-7-17/h4-5H,1-3,6-10H2. The molecule has 3 heterocycles. The number of piperidine rings is 1. The lowest BCUT2D eigenvalue weighted by Gasteiger charge is -2.32. The first-order chi connectivity index (χ1) is 9.74. The molecule has 0 aromatic carbocycles. The molecular weight excluding hydrogens is 322 g/mol. The van der Waals surface area contributed by atoms with Crippen molar-refractivity contribution in [1.82, 2.24) is 9.88 Å². The van der Waals surface area contributed by atoms with E-state index in [2.05, 4.69) is 25.8 Å². The van der Waals surface area contributed by atoms with Gasteiger partial charge in [-0.05, 0) is 54.0 Å². The Hall–Kier alpha value is -1.14. The van der Waals surface area contributed by atoms with Crippen LogP contribution in [0, 0.1) is 0 Å². The Labute approximate surface area is 127 Å². The van der Waals surface area contributed by atoms with Crippen LogP contribution in [0.4, 0.5) is 5.82 Å². The summed E-state index contributed by atoms with van der Waals surface area (Å²) < 4.78 is 6.14. The van der Waals surface area contributed by atoms with Crippen molar-refractivity contribution in [3.05, 3.63) is 16.7 Å². The van der Waals surface area contributed by atoms with E-state index in [0.29, 0.717) is 18.1 Å². The molecule has 2 aliphatic heterocycles. The number of fused-ring (bicyclic) bond motifs is 1. The number of halogens is 1. The maximum atomic E-state index is 12.1. The number of rotatable bonds is 3. The van der Waals surface area contributed by atoms with Crippen molar-refractivity contribution in [3.63, 3.8) is 0 Å². The lowest BCUT2D eigenvalue weighted by molar-refractivity contribution is -0.121. The zero-order valence-corrected chi connectivity index (χ0v) is 12.9. The van der Waals surface area contributed by atoms with Crippen molar-refractivity contribution in [1.29, 1.82) is 0 Å². The van der Waals surface area contributed by atoms with Gasteiger partial charge >= 0.3 is 0 Å². The van der Waals surface area contributed by atoms with E-state index in [-0.39, 0.29) is 12.5 Å². The number of nitrogens with zero attached hydrogens (tertiary/aromatic N) is 3. The maximum Gasteiger partial charge on any atom is 0.266 e. The molecular formula is C14H18BrN3O2. The van der Waals surface area contributed by atoms with Crippen LogP contribution in [0.3, 0.4) is 0 Å². The Kier molecular flexibility index (Phi) is 4.21. The highest BCUT2D eigenvalue weighted by atomic mass is 79.9. The van der Waals surface area contributed by atoms with Gasteiger partial charge in [-0.1, -0.05) is 6.42 Å². The van der Waals surface area contributed by atoms with Gasteiger partial charge < -0.3 is 9.64 Å². The molecule has 0 radical (unpaired) electrons. The summed E-state index contributed by atoms with van der Waals surface area (Å²) >= 11 is 3.35. The number of pyridine rings is 1. The van der Waals surface area contributed by atoms with Crippen molar-refractivity contribution < 1.29 is 9.53 Å². The highest BCUT2D eigenvalue weighted by molar-refractivity contribution is 9.10. The molecule has 1 aromatic rings. The van der Waals surface area contributed by atoms with Crippen LogP contribution in [0.5, 0.6) is 5.75 Å². The van der Waals surface area contributed by atoms with Crippen molar-refractivity contribution in [2.75, 3.05) is 37.7 Å². The van der Waals surface area contributed by atoms with Gasteiger partial charge in [-0.25, -0.2) is 4.98 Å². The molecule has 1 fully saturated rings. The molecule has 3 rings (SSSR count). The predicted octanol–water partition coefficient (Wildman–Crippen LogP) is 2.06. The number of hydrogen-bond donors (Lipinski definition) is 0. The van der Waals surface area contributed by atoms with E-state index in [9.17, 15) is 4.79 Å². The highest BCUT2D eigenvalue weighted by Crippen LogP contribution is 2.31. The van der Waals surface area contributed by atoms with Crippen molar-refractivity contribution in [2.24, 2.45) is 0 Å². The average molecular weight is 340 g/mol. The molecule has 6 heteroatoms. The molecule has 1 aromatic heterocycles. The Balaban J connectivity index is 1.71. The summed E-state index contributed by atoms with van der Waals surface area (Å²) in [7, 11) is 0. The Morgan fingerprint density at radius 3 is 2.80 bits per heavy atom. The van der Waals surface area contributed by atoms with Crippen molar-refractivity contribution in [2.45, 2.75) is 19.3 Å². The fraction of sp³-hybridized carbons (Fsp3) is 0.571. The first-order valence-corrected chi connectivity index (χ1v) is 7.85. The number of likely N-dealkylation sites (tertiary alicyclic amines) is 1. The number of hydrogen-bond acceptors (Lipinski definition) is 4. The lowest BCUT2D eigenvalue weighted by Crippen LogP contribution is -2.44. The molecule has 2 aliphatic rings. The van der Waals surface area contributed by atoms with Crippen LogP contribution in [-0.4, -0.2) is 48.6 Å². The van der Waals surface area contributed by atoms with Crippen molar-refractivity contribution >= 4 is 27.7 Å². The van der Waals surface area contributed by atoms with Crippen LogP contribution in [0.2, 0.25) is 0 Å². The minimum Gasteiger partial charge on any atom is -0.480 e. The number of carbonyl (C=O) groups excluding carboxylic acids is 1. The van der Waals surface area contributed by atoms with E-state index in [1.165, 1.54) is 19.3 Å². The van der Waals surface area contributed by atoms with Crippen LogP contribution < -0.4 is 9.64 Å². The SMILES string of the molecule is O=C1COc2ccc(Br)nc2N1CCN1CCCCC1. The van der Waals surface area contributed by atoms with Crippen LogP contribution in [0.15, 0.2) is 16.7 Å². The van der Waals surface area contributed by atoms with Gasteiger partial charge in [-0.2, -0.15) is 0 Å². The molecule has 0 atom stereocenters. The fourth-order valence-electron chi connectivity index (χ4n) is 2.71. The number of carbonyl (C=O) groups is 1. The molecule has 0 unspecified atom stereocenters. The predicted molar refractivity (Wildman–Crippen MR) is 80.1 cm³/mol. The largest absolute Gasteiger partial charge is 0.480 e. The van der Waals surface area contributed by atoms with E-state index >= 15 is 0 Å². The highest BCUT2D eigenvalue weighted by Gasteiger charge is 2.27. The molecule has 20 heavy (non-hydrogen) atoms. The summed E-state index contributed by atoms with van der Waals surface area (Å²) in [6, 6.07) is 3.68. The van der Waals surface area contributed by atoms with Crippen LogP contribution in [0.25, 0.3) is 0 Å². The Bertz CT molecular complexity index is 503. The minimum atomic E-state index is -0.0138. The van der Waals surface area contributed by atoms with Gasteiger partial charge in [0.15, 0.2) is 18.2 Å². The zero-order valence-electron chi connectivity index (χ0n) is 11.3. The Morgan fingerprint density at radius 1 is 1.20 bits per heavy atom. The molecule has 1 amide bonds. The average Bonchev–Trinajstić information content (AvgIpc) is 2.47. The van der Waals surface area contributed by atoms with Gasteiger partial charge in [0, 0.05) is 13.1 Å². The quantitative estimate of drug-likeness (QED) is 0.790. The molecule has 5 nitrogen and oxygen atoms in total. The first kappa shape index (κ1) is 13.8. The van der Waals surface area contributed by atoms with Gasteiger partial charge in [-0.15, -0.1) is 0 Å². The number of aromatic nitrogens is 1. The van der Waals surface area contributed by atoms with Crippen LogP contribution >= 0.6 is 15.9 Å². The Morgan fingerprint density at radius 2 is 2.00 bits per heavy atom. The van der Waals surface area contributed by atoms with Crippen molar-refractivity contribution in [3.8, 4) is 5.75 Å². The summed E-state index contributed by atoms with van der Waals surface area (Å²) in [4.78, 5) is 20.6. The molecule has 108 valence electrons. The lowest BCUT2D eigenvalue weighted by atomic mass is 10.1. The molecule has 0 N–H and O–H groups in total.